The van der Waals surface area contributed by atoms with Crippen LogP contribution in [0.2, 0.25) is 4.34 Å². The highest BCUT2D eigenvalue weighted by atomic mass is 35.5. The lowest BCUT2D eigenvalue weighted by molar-refractivity contribution is 0.482. The summed E-state index contributed by atoms with van der Waals surface area (Å²) in [4.78, 5) is 0. The first-order chi connectivity index (χ1) is 10.1. The molecule has 1 aromatic carbocycles. The highest BCUT2D eigenvalue weighted by Gasteiger charge is 2.25. The molecule has 0 unspecified atom stereocenters. The summed E-state index contributed by atoms with van der Waals surface area (Å²) in [6.45, 7) is 1.13. The fourth-order valence-corrected chi connectivity index (χ4v) is 4.19. The fourth-order valence-electron chi connectivity index (χ4n) is 2.22. The Kier molecular flexibility index (Phi) is 4.12. The Morgan fingerprint density at radius 1 is 1.29 bits per heavy atom. The van der Waals surface area contributed by atoms with Crippen LogP contribution in [0, 0.1) is 0 Å². The molecule has 2 aromatic rings. The number of rotatable bonds is 4. The molecular weight excluding hydrogens is 332 g/mol. The summed E-state index contributed by atoms with van der Waals surface area (Å²) >= 11 is 7.11. The van der Waals surface area contributed by atoms with Crippen molar-refractivity contribution < 1.29 is 8.42 Å². The van der Waals surface area contributed by atoms with Crippen molar-refractivity contribution in [3.8, 4) is 11.3 Å². The van der Waals surface area contributed by atoms with Crippen molar-refractivity contribution in [1.82, 2.24) is 13.9 Å². The molecular formula is C12H13ClN4O2S2. The molecule has 1 aromatic heterocycles. The van der Waals surface area contributed by atoms with Crippen molar-refractivity contribution in [1.29, 1.82) is 0 Å². The van der Waals surface area contributed by atoms with Gasteiger partial charge in [-0.25, -0.2) is 0 Å². The van der Waals surface area contributed by atoms with E-state index in [1.165, 1.54) is 4.31 Å². The van der Waals surface area contributed by atoms with Crippen LogP contribution in [-0.2, 0) is 10.2 Å². The molecule has 0 spiro atoms. The van der Waals surface area contributed by atoms with Crippen molar-refractivity contribution in [2.75, 3.05) is 17.8 Å². The Balaban J connectivity index is 1.85. The monoisotopic (exact) mass is 344 g/mol. The number of aromatic nitrogens is 2. The van der Waals surface area contributed by atoms with Gasteiger partial charge in [-0.1, -0.05) is 28.2 Å². The minimum atomic E-state index is -3.49. The molecule has 1 N–H and O–H groups in total. The lowest BCUT2D eigenvalue weighted by Gasteiger charge is -2.17. The maximum Gasteiger partial charge on any atom is 0.301 e. The van der Waals surface area contributed by atoms with Gasteiger partial charge >= 0.3 is 10.2 Å². The quantitative estimate of drug-likeness (QED) is 0.925. The van der Waals surface area contributed by atoms with Gasteiger partial charge in [0.05, 0.1) is 5.69 Å². The Bertz CT molecular complexity index is 741. The molecule has 3 rings (SSSR count). The molecule has 112 valence electrons. The smallest absolute Gasteiger partial charge is 0.271 e. The van der Waals surface area contributed by atoms with E-state index in [0.717, 1.165) is 29.9 Å². The van der Waals surface area contributed by atoms with Crippen LogP contribution in [0.25, 0.3) is 11.3 Å². The zero-order valence-corrected chi connectivity index (χ0v) is 13.4. The Morgan fingerprint density at radius 3 is 2.71 bits per heavy atom. The number of benzene rings is 1. The first kappa shape index (κ1) is 14.7. The number of nitrogens with zero attached hydrogens (tertiary/aromatic N) is 3. The molecule has 21 heavy (non-hydrogen) atoms. The lowest BCUT2D eigenvalue weighted by atomic mass is 10.1. The van der Waals surface area contributed by atoms with E-state index in [-0.39, 0.29) is 0 Å². The molecule has 2 heterocycles. The highest BCUT2D eigenvalue weighted by molar-refractivity contribution is 7.90. The van der Waals surface area contributed by atoms with Crippen LogP contribution in [0.15, 0.2) is 24.3 Å². The van der Waals surface area contributed by atoms with E-state index in [9.17, 15) is 8.42 Å². The first-order valence-electron chi connectivity index (χ1n) is 6.42. The third-order valence-electron chi connectivity index (χ3n) is 3.24. The topological polar surface area (TPSA) is 75.2 Å². The van der Waals surface area contributed by atoms with Crippen LogP contribution in [-0.4, -0.2) is 35.4 Å². The number of hydrogen-bond acceptors (Lipinski definition) is 5. The van der Waals surface area contributed by atoms with Gasteiger partial charge in [0, 0.05) is 30.2 Å². The first-order valence-corrected chi connectivity index (χ1v) is 9.01. The maximum absolute atomic E-state index is 12.2. The van der Waals surface area contributed by atoms with E-state index in [1.54, 1.807) is 18.2 Å². The SMILES string of the molecule is O=S(=O)(Nc1cccc(-c2nnsc2Cl)c1)N1CCCC1. The van der Waals surface area contributed by atoms with Crippen LogP contribution >= 0.6 is 23.1 Å². The third kappa shape index (κ3) is 3.18. The van der Waals surface area contributed by atoms with Crippen molar-refractivity contribution in [2.24, 2.45) is 0 Å². The van der Waals surface area contributed by atoms with Crippen molar-refractivity contribution in [2.45, 2.75) is 12.8 Å². The second-order valence-electron chi connectivity index (χ2n) is 4.69. The molecule has 0 saturated carbocycles. The van der Waals surface area contributed by atoms with E-state index in [1.807, 2.05) is 6.07 Å². The van der Waals surface area contributed by atoms with Gasteiger partial charge in [-0.2, -0.15) is 12.7 Å². The maximum atomic E-state index is 12.2. The van der Waals surface area contributed by atoms with Gasteiger partial charge in [0.25, 0.3) is 0 Å². The van der Waals surface area contributed by atoms with E-state index >= 15 is 0 Å². The molecule has 9 heteroatoms. The zero-order valence-electron chi connectivity index (χ0n) is 11.0. The van der Waals surface area contributed by atoms with Gasteiger partial charge in [-0.05, 0) is 25.0 Å². The Morgan fingerprint density at radius 2 is 2.05 bits per heavy atom. The predicted octanol–water partition coefficient (Wildman–Crippen LogP) is 2.61. The van der Waals surface area contributed by atoms with E-state index in [2.05, 4.69) is 14.3 Å². The molecule has 0 atom stereocenters. The molecule has 0 aliphatic carbocycles. The van der Waals surface area contributed by atoms with Crippen LogP contribution in [0.3, 0.4) is 0 Å². The minimum Gasteiger partial charge on any atom is -0.271 e. The van der Waals surface area contributed by atoms with E-state index < -0.39 is 10.2 Å². The van der Waals surface area contributed by atoms with E-state index in [0.29, 0.717) is 28.8 Å². The second kappa shape index (κ2) is 5.88. The summed E-state index contributed by atoms with van der Waals surface area (Å²) in [5, 5.41) is 3.95. The summed E-state index contributed by atoms with van der Waals surface area (Å²) in [5.74, 6) is 0. The van der Waals surface area contributed by atoms with Crippen LogP contribution in [0.1, 0.15) is 12.8 Å². The zero-order chi connectivity index (χ0) is 14.9. The Hall–Kier alpha value is -1.22. The molecule has 0 bridgehead atoms. The summed E-state index contributed by atoms with van der Waals surface area (Å²) in [7, 11) is -3.49. The largest absolute Gasteiger partial charge is 0.301 e. The van der Waals surface area contributed by atoms with Crippen molar-refractivity contribution in [3.63, 3.8) is 0 Å². The average Bonchev–Trinajstić information content (AvgIpc) is 3.09. The lowest BCUT2D eigenvalue weighted by Crippen LogP contribution is -2.33. The number of nitrogens with one attached hydrogen (secondary N) is 1. The molecule has 0 amide bonds. The Labute approximate surface area is 132 Å². The van der Waals surface area contributed by atoms with Gasteiger partial charge in [0.1, 0.15) is 10.0 Å². The van der Waals surface area contributed by atoms with Gasteiger partial charge < -0.3 is 0 Å². The van der Waals surface area contributed by atoms with Crippen LogP contribution in [0.5, 0.6) is 0 Å². The van der Waals surface area contributed by atoms with Crippen LogP contribution in [0.4, 0.5) is 5.69 Å². The summed E-state index contributed by atoms with van der Waals surface area (Å²) in [6, 6.07) is 6.98. The molecule has 0 radical (unpaired) electrons. The summed E-state index contributed by atoms with van der Waals surface area (Å²) in [5.41, 5.74) is 1.78. The molecule has 6 nitrogen and oxygen atoms in total. The van der Waals surface area contributed by atoms with Gasteiger partial charge in [0.2, 0.25) is 0 Å². The second-order valence-corrected chi connectivity index (χ2v) is 7.72. The molecule has 1 aliphatic rings. The normalized spacial score (nSPS) is 16.2. The van der Waals surface area contributed by atoms with Gasteiger partial charge in [-0.15, -0.1) is 5.10 Å². The van der Waals surface area contributed by atoms with Crippen molar-refractivity contribution in [3.05, 3.63) is 28.6 Å². The standard InChI is InChI=1S/C12H13ClN4O2S2/c13-12-11(14-16-20-12)9-4-3-5-10(8-9)15-21(18,19)17-6-1-2-7-17/h3-5,8,15H,1-2,6-7H2. The minimum absolute atomic E-state index is 0.481. The molecule has 1 fully saturated rings. The van der Waals surface area contributed by atoms with Gasteiger partial charge in [0.15, 0.2) is 0 Å². The molecule has 1 saturated heterocycles. The van der Waals surface area contributed by atoms with Crippen molar-refractivity contribution >= 4 is 39.0 Å². The van der Waals surface area contributed by atoms with Crippen LogP contribution < -0.4 is 4.72 Å². The highest BCUT2D eigenvalue weighted by Crippen LogP contribution is 2.30. The molecule has 1 aliphatic heterocycles. The summed E-state index contributed by atoms with van der Waals surface area (Å²) < 4.78 is 32.8. The number of anilines is 1. The van der Waals surface area contributed by atoms with Gasteiger partial charge in [-0.3, -0.25) is 4.72 Å². The number of hydrogen-bond donors (Lipinski definition) is 1. The predicted molar refractivity (Wildman–Crippen MR) is 83.7 cm³/mol. The van der Waals surface area contributed by atoms with E-state index in [4.69, 9.17) is 11.6 Å². The fraction of sp³-hybridized carbons (Fsp3) is 0.333. The number of halogens is 1. The third-order valence-corrected chi connectivity index (χ3v) is 5.68. The summed E-state index contributed by atoms with van der Waals surface area (Å²) in [6.07, 6.45) is 1.81. The average molecular weight is 345 g/mol.